The van der Waals surface area contributed by atoms with Crippen molar-refractivity contribution in [2.45, 2.75) is 51.0 Å². The minimum atomic E-state index is -1.51. The summed E-state index contributed by atoms with van der Waals surface area (Å²) in [5.74, 6) is -1.47. The van der Waals surface area contributed by atoms with Crippen LogP contribution in [0.5, 0.6) is 0 Å². The Balaban J connectivity index is 2.31. The molecular formula is C17H22F2N2O3S. The maximum atomic E-state index is 14.2. The molecule has 0 aliphatic rings. The van der Waals surface area contributed by atoms with Gasteiger partial charge in [-0.2, -0.15) is 0 Å². The number of nitrogens with one attached hydrogen (secondary N) is 1. The van der Waals surface area contributed by atoms with Crippen LogP contribution < -0.4 is 4.72 Å². The van der Waals surface area contributed by atoms with Gasteiger partial charge in [0.1, 0.15) is 17.9 Å². The summed E-state index contributed by atoms with van der Waals surface area (Å²) in [6.45, 7) is 6.99. The molecule has 5 nitrogen and oxygen atoms in total. The third kappa shape index (κ3) is 4.93. The van der Waals surface area contributed by atoms with Crippen LogP contribution in [0, 0.1) is 18.6 Å². The Morgan fingerprint density at radius 1 is 1.32 bits per heavy atom. The van der Waals surface area contributed by atoms with Gasteiger partial charge < -0.3 is 9.63 Å². The predicted octanol–water partition coefficient (Wildman–Crippen LogP) is 3.48. The van der Waals surface area contributed by atoms with Crippen molar-refractivity contribution in [2.75, 3.05) is 0 Å². The van der Waals surface area contributed by atoms with Crippen molar-refractivity contribution < 1.29 is 22.6 Å². The first kappa shape index (κ1) is 19.7. The average Bonchev–Trinajstić information content (AvgIpc) is 2.91. The molecule has 0 aliphatic carbocycles. The minimum Gasteiger partial charge on any atom is -0.388 e. The van der Waals surface area contributed by atoms with Crippen molar-refractivity contribution in [3.05, 3.63) is 52.9 Å². The van der Waals surface area contributed by atoms with E-state index in [2.05, 4.69) is 9.88 Å². The zero-order chi connectivity index (χ0) is 18.8. The number of benzene rings is 1. The molecular weight excluding hydrogens is 350 g/mol. The molecule has 8 heteroatoms. The molecule has 0 radical (unpaired) electrons. The Hall–Kier alpha value is -1.64. The Morgan fingerprint density at radius 2 is 2.00 bits per heavy atom. The quantitative estimate of drug-likeness (QED) is 0.814. The number of hydrogen-bond acceptors (Lipinski definition) is 4. The Labute approximate surface area is 148 Å². The van der Waals surface area contributed by atoms with Gasteiger partial charge in [-0.1, -0.05) is 11.2 Å². The normalized spacial score (nSPS) is 15.8. The first-order valence-corrected chi connectivity index (χ1v) is 8.96. The third-order valence-corrected chi connectivity index (χ3v) is 5.36. The fourth-order valence-corrected chi connectivity index (χ4v) is 3.13. The van der Waals surface area contributed by atoms with E-state index >= 15 is 0 Å². The van der Waals surface area contributed by atoms with E-state index in [-0.39, 0.29) is 12.0 Å². The summed E-state index contributed by atoms with van der Waals surface area (Å²) in [4.78, 5) is 0. The highest BCUT2D eigenvalue weighted by molar-refractivity contribution is 7.84. The van der Waals surface area contributed by atoms with Gasteiger partial charge >= 0.3 is 0 Å². The van der Waals surface area contributed by atoms with Crippen LogP contribution in [-0.2, 0) is 11.0 Å². The lowest BCUT2D eigenvalue weighted by Gasteiger charge is -2.26. The van der Waals surface area contributed by atoms with Gasteiger partial charge in [0.15, 0.2) is 0 Å². The standard InChI is InChI=1S/C17H22F2N2O3S/c1-10-13(9-24-20-10)16(22)8-15(21-25(23)17(2,3)4)12-6-5-11(18)7-14(12)19/h5-7,9,15-16,21-22H,8H2,1-4H3. The van der Waals surface area contributed by atoms with Crippen LogP contribution in [0.1, 0.15) is 56.2 Å². The van der Waals surface area contributed by atoms with Gasteiger partial charge in [-0.3, -0.25) is 0 Å². The Kier molecular flexibility index (Phi) is 6.08. The molecule has 1 aromatic heterocycles. The number of nitrogens with zero attached hydrogens (tertiary/aromatic N) is 1. The molecule has 3 unspecified atom stereocenters. The fraction of sp³-hybridized carbons (Fsp3) is 0.471. The third-order valence-electron chi connectivity index (χ3n) is 3.75. The monoisotopic (exact) mass is 372 g/mol. The van der Waals surface area contributed by atoms with Gasteiger partial charge in [0.2, 0.25) is 0 Å². The van der Waals surface area contributed by atoms with Gasteiger partial charge in [0, 0.05) is 17.2 Å². The smallest absolute Gasteiger partial charge is 0.130 e. The highest BCUT2D eigenvalue weighted by Gasteiger charge is 2.28. The maximum Gasteiger partial charge on any atom is 0.130 e. The highest BCUT2D eigenvalue weighted by atomic mass is 32.2. The number of aryl methyl sites for hydroxylation is 1. The topological polar surface area (TPSA) is 75.4 Å². The fourth-order valence-electron chi connectivity index (χ4n) is 2.30. The van der Waals surface area contributed by atoms with Gasteiger partial charge in [-0.25, -0.2) is 17.7 Å². The van der Waals surface area contributed by atoms with E-state index in [4.69, 9.17) is 4.52 Å². The first-order valence-electron chi connectivity index (χ1n) is 7.81. The van der Waals surface area contributed by atoms with Crippen LogP contribution >= 0.6 is 0 Å². The molecule has 0 fully saturated rings. The van der Waals surface area contributed by atoms with Crippen LogP contribution in [0.2, 0.25) is 0 Å². The maximum absolute atomic E-state index is 14.2. The first-order chi connectivity index (χ1) is 11.6. The SMILES string of the molecule is Cc1nocc1C(O)CC(NS(=O)C(C)(C)C)c1ccc(F)cc1F. The molecule has 0 spiro atoms. The summed E-state index contributed by atoms with van der Waals surface area (Å²) in [7, 11) is -1.51. The van der Waals surface area contributed by atoms with Crippen molar-refractivity contribution in [3.8, 4) is 0 Å². The molecule has 0 saturated carbocycles. The molecule has 1 heterocycles. The number of halogens is 2. The van der Waals surface area contributed by atoms with Crippen LogP contribution in [0.15, 0.2) is 29.0 Å². The number of aliphatic hydroxyl groups excluding tert-OH is 1. The summed E-state index contributed by atoms with van der Waals surface area (Å²) in [6, 6.07) is 2.39. The zero-order valence-electron chi connectivity index (χ0n) is 14.5. The minimum absolute atomic E-state index is 0.0203. The molecule has 25 heavy (non-hydrogen) atoms. The van der Waals surface area contributed by atoms with Crippen LogP contribution in [0.25, 0.3) is 0 Å². The molecule has 2 aromatic rings. The van der Waals surface area contributed by atoms with Crippen LogP contribution in [0.4, 0.5) is 8.78 Å². The summed E-state index contributed by atoms with van der Waals surface area (Å²) < 4.78 is 47.0. The summed E-state index contributed by atoms with van der Waals surface area (Å²) >= 11 is 0. The van der Waals surface area contributed by atoms with Gasteiger partial charge in [0.05, 0.1) is 33.6 Å². The van der Waals surface area contributed by atoms with E-state index in [1.807, 2.05) is 0 Å². The zero-order valence-corrected chi connectivity index (χ0v) is 15.4. The molecule has 0 aliphatic heterocycles. The van der Waals surface area contributed by atoms with Crippen molar-refractivity contribution in [1.29, 1.82) is 0 Å². The van der Waals surface area contributed by atoms with E-state index in [9.17, 15) is 18.1 Å². The number of hydrogen-bond donors (Lipinski definition) is 2. The number of rotatable bonds is 6. The number of aromatic nitrogens is 1. The van der Waals surface area contributed by atoms with E-state index in [1.54, 1.807) is 27.7 Å². The molecule has 0 saturated heterocycles. The van der Waals surface area contributed by atoms with Crippen molar-refractivity contribution in [1.82, 2.24) is 9.88 Å². The Morgan fingerprint density at radius 3 is 2.52 bits per heavy atom. The second-order valence-electron chi connectivity index (χ2n) is 6.82. The van der Waals surface area contributed by atoms with Gasteiger partial charge in [-0.05, 0) is 40.2 Å². The van der Waals surface area contributed by atoms with E-state index in [1.165, 1.54) is 12.3 Å². The Bertz CT molecular complexity index is 759. The summed E-state index contributed by atoms with van der Waals surface area (Å²) in [6.07, 6.45) is 0.329. The molecule has 2 N–H and O–H groups in total. The van der Waals surface area contributed by atoms with Crippen LogP contribution in [0.3, 0.4) is 0 Å². The van der Waals surface area contributed by atoms with E-state index < -0.39 is 39.5 Å². The van der Waals surface area contributed by atoms with Crippen LogP contribution in [-0.4, -0.2) is 19.2 Å². The summed E-state index contributed by atoms with van der Waals surface area (Å²) in [5.41, 5.74) is 1.12. The molecule has 0 bridgehead atoms. The van der Waals surface area contributed by atoms with Crippen molar-refractivity contribution in [3.63, 3.8) is 0 Å². The largest absolute Gasteiger partial charge is 0.388 e. The summed E-state index contributed by atoms with van der Waals surface area (Å²) in [5, 5.41) is 14.2. The lowest BCUT2D eigenvalue weighted by Crippen LogP contribution is -2.36. The van der Waals surface area contributed by atoms with Gasteiger partial charge in [0.25, 0.3) is 0 Å². The second kappa shape index (κ2) is 7.72. The predicted molar refractivity (Wildman–Crippen MR) is 90.9 cm³/mol. The van der Waals surface area contributed by atoms with E-state index in [0.29, 0.717) is 11.3 Å². The highest BCUT2D eigenvalue weighted by Crippen LogP contribution is 2.30. The van der Waals surface area contributed by atoms with E-state index in [0.717, 1.165) is 12.1 Å². The molecule has 3 atom stereocenters. The van der Waals surface area contributed by atoms with Crippen molar-refractivity contribution >= 4 is 11.0 Å². The molecule has 2 rings (SSSR count). The molecule has 0 amide bonds. The second-order valence-corrected chi connectivity index (χ2v) is 8.82. The lowest BCUT2D eigenvalue weighted by molar-refractivity contribution is 0.153. The van der Waals surface area contributed by atoms with Crippen molar-refractivity contribution in [2.24, 2.45) is 0 Å². The molecule has 1 aromatic carbocycles. The van der Waals surface area contributed by atoms with Gasteiger partial charge in [-0.15, -0.1) is 0 Å². The molecule has 138 valence electrons. The average molecular weight is 372 g/mol. The lowest BCUT2D eigenvalue weighted by atomic mass is 9.97. The number of aliphatic hydroxyl groups is 1.